The van der Waals surface area contributed by atoms with E-state index >= 15 is 0 Å². The lowest BCUT2D eigenvalue weighted by atomic mass is 9.81. The highest BCUT2D eigenvalue weighted by atomic mass is 35.5. The van der Waals surface area contributed by atoms with E-state index in [1.807, 2.05) is 7.05 Å². The number of hydrogen-bond donors (Lipinski definition) is 10. The fourth-order valence-electron chi connectivity index (χ4n) is 13.7. The molecule has 46 heteroatoms. The van der Waals surface area contributed by atoms with Gasteiger partial charge in [-0.2, -0.15) is 16.8 Å². The molecule has 3 fully saturated rings. The van der Waals surface area contributed by atoms with Gasteiger partial charge in [-0.25, -0.2) is 29.7 Å². The minimum atomic E-state index is -3.67. The van der Waals surface area contributed by atoms with Crippen molar-refractivity contribution in [1.29, 1.82) is 0 Å². The number of nitrogens with two attached hydrogens (primary N) is 1. The Hall–Kier alpha value is -8.15. The second-order valence-corrected chi connectivity index (χ2v) is 39.4. The highest BCUT2D eigenvalue weighted by Gasteiger charge is 2.41. The summed E-state index contributed by atoms with van der Waals surface area (Å²) in [5.74, 6) is -3.74. The number of halogens is 3. The summed E-state index contributed by atoms with van der Waals surface area (Å²) in [5.41, 5.74) is 8.55. The summed E-state index contributed by atoms with van der Waals surface area (Å²) in [5, 5.41) is 21.6. The van der Waals surface area contributed by atoms with Gasteiger partial charge < -0.3 is 82.0 Å². The molecule has 698 valence electrons. The maximum Gasteiger partial charge on any atom is 0.407 e. The van der Waals surface area contributed by atoms with Crippen LogP contribution >= 0.6 is 69.6 Å². The fraction of sp³-hybridized carbons (Fsp3) is 0.620. The minimum absolute atomic E-state index is 0. The molecule has 5 aromatic heterocycles. The van der Waals surface area contributed by atoms with E-state index in [1.165, 1.54) is 94.9 Å². The predicted octanol–water partition coefficient (Wildman–Crippen LogP) is 5.79. The molecule has 3 aliphatic heterocycles. The first-order chi connectivity index (χ1) is 57.8. The number of carbonyl (C=O) groups excluding carboxylic acids is 11. The lowest BCUT2D eigenvalue weighted by molar-refractivity contribution is -0.137. The molecule has 38 nitrogen and oxygen atoms in total. The van der Waals surface area contributed by atoms with Crippen LogP contribution in [0.3, 0.4) is 0 Å². The molecule has 11 rings (SSSR count). The monoisotopic (exact) mass is 1900 g/mol. The molecule has 3 aliphatic carbocycles. The highest BCUT2D eigenvalue weighted by molar-refractivity contribution is 7.85. The van der Waals surface area contributed by atoms with Crippen LogP contribution in [0.5, 0.6) is 0 Å². The zero-order valence-corrected chi connectivity index (χ0v) is 80.5. The topological polar surface area (TPSA) is 503 Å². The van der Waals surface area contributed by atoms with E-state index in [0.717, 1.165) is 98.2 Å². The Labute approximate surface area is 760 Å². The smallest absolute Gasteiger partial charge is 0.407 e. The number of rotatable bonds is 17. The van der Waals surface area contributed by atoms with Gasteiger partial charge >= 0.3 is 17.9 Å². The number of Topliss-reactive ketones (excluding diaryl/α,β-unsaturated/α-hetero) is 1. The number of anilines is 2. The van der Waals surface area contributed by atoms with Crippen molar-refractivity contribution in [3.8, 4) is 0 Å². The molecule has 10 amide bonds. The third-order valence-electron chi connectivity index (χ3n) is 20.1. The van der Waals surface area contributed by atoms with Crippen molar-refractivity contribution in [2.24, 2.45) is 23.5 Å². The molecule has 8 heterocycles. The molecule has 0 bridgehead atoms. The molecule has 0 radical (unpaired) electrons. The quantitative estimate of drug-likeness (QED) is 0.0389. The van der Waals surface area contributed by atoms with Crippen molar-refractivity contribution in [3.05, 3.63) is 93.4 Å². The maximum atomic E-state index is 13.2. The zero-order valence-electron chi connectivity index (χ0n) is 74.1. The first-order valence-corrected chi connectivity index (χ1v) is 47.3. The number of ether oxygens (including phenoxy) is 1. The van der Waals surface area contributed by atoms with E-state index in [9.17, 15) is 69.6 Å². The van der Waals surface area contributed by atoms with Crippen molar-refractivity contribution in [2.45, 2.75) is 187 Å². The lowest BCUT2D eigenvalue weighted by Gasteiger charge is -2.37. The Kier molecular flexibility index (Phi) is 44.7. The number of fused-ring (bicyclic) bond motifs is 3. The van der Waals surface area contributed by atoms with E-state index in [1.54, 1.807) is 85.0 Å². The maximum absolute atomic E-state index is 13.2. The standard InChI is InChI=1S/C24H30ClN7O4S.C22H35N5O4S.C17H27N5O2S.C8H7ClN2O2.C6H15N.2CH4O3S.ClH/c1-31(2)24(36)13-4-6-15(27-20(33)21(34)30-19-7-5-14(25)11-26-19)17(10-13)28-22(35)23-29-16-8-9-32(3)12-18(16)37-23;1-22(2,3)31-21(30)25-14-8-7-13(20(29)26(4)5)11-16(14)23-18(28)19-24-15-9-10-27(6)12-17(15)32-19;1-21(2)17(24)10-4-5-11(18)13(8-10)19-15(23)16-20-12-6-7-22(3)9-14(12)25-16;1-5(12)8(13)11-7-3-2-6(9)4-10-7;1-4-7(5-2)6-3;2*1-5(2,3)4;/h5,7,11,13,15,17H,4,6,8-10,12H2,1-3H3,(H,27,33)(H,28,35)(H,26,30,34);13-14,16H,7-12H2,1-6H3,(H,23,28)(H,25,30);10-11,13H,4-9,18H2,1-3H3,(H,19,23);2-4H,1H3,(H,10,11,13);4-6H2,1-3H3;2*1H3,(H,2,3,4);1H/t13-,15-,17+;13-,14-,16+;10-,11-,13+;;;;;/m000...../s1. The predicted molar refractivity (Wildman–Crippen MR) is 483 cm³/mol. The number of alkyl carbamates (subject to hydrolysis) is 1. The van der Waals surface area contributed by atoms with Crippen LogP contribution in [0.15, 0.2) is 36.7 Å². The van der Waals surface area contributed by atoms with Crippen LogP contribution in [-0.2, 0) is 97.4 Å². The normalized spacial score (nSPS) is 20.3. The first kappa shape index (κ1) is 109. The molecule has 0 unspecified atom stereocenters. The SMILES string of the molecule is CC(=O)C(=O)Nc1ccc(Cl)cn1.CCN(CC)CC.CN1CCc2nc(C(=O)N[C@@H]3C[C@@H](C(=O)N(C)C)CC[C@@H]3N)sc2C1.CN1CCc2nc(C(=O)N[C@@H]3C[C@@H](C(=O)N(C)C)CC[C@@H]3NC(=O)C(=O)Nc3ccc(Cl)cn3)sc2C1.CN1CCc2nc(C(=O)N[C@@H]3C[C@@H](C(=O)N(C)C)CC[C@@H]3NC(=O)OC(C)(C)C)sc2C1.CS(=O)(=O)O.CS(=O)(=O)O.Cl. The second-order valence-electron chi connectivity index (χ2n) is 32.4. The number of nitrogens with zero attached hydrogens (tertiary/aromatic N) is 12. The Balaban J connectivity index is 0.000000339. The Bertz CT molecular complexity index is 4640. The molecule has 11 N–H and O–H groups in total. The van der Waals surface area contributed by atoms with Crippen LogP contribution in [0, 0.1) is 17.8 Å². The van der Waals surface area contributed by atoms with Crippen molar-refractivity contribution in [2.75, 3.05) is 126 Å². The molecule has 0 spiro atoms. The summed E-state index contributed by atoms with van der Waals surface area (Å²) in [6, 6.07) is 4.03. The van der Waals surface area contributed by atoms with Crippen LogP contribution in [0.2, 0.25) is 10.0 Å². The van der Waals surface area contributed by atoms with Gasteiger partial charge in [-0.1, -0.05) is 44.0 Å². The summed E-state index contributed by atoms with van der Waals surface area (Å²) in [7, 11) is 9.20. The first-order valence-electron chi connectivity index (χ1n) is 40.4. The summed E-state index contributed by atoms with van der Waals surface area (Å²) in [6.07, 6.45) is 11.2. The summed E-state index contributed by atoms with van der Waals surface area (Å²) in [4.78, 5) is 174. The minimum Gasteiger partial charge on any atom is -0.444 e. The highest BCUT2D eigenvalue weighted by Crippen LogP contribution is 2.33. The van der Waals surface area contributed by atoms with Gasteiger partial charge in [0.05, 0.1) is 57.8 Å². The summed E-state index contributed by atoms with van der Waals surface area (Å²) < 4.78 is 57.1. The molecular formula is C79H123Cl3N20O18S5. The van der Waals surface area contributed by atoms with Crippen molar-refractivity contribution in [1.82, 2.24) is 85.8 Å². The van der Waals surface area contributed by atoms with Crippen LogP contribution in [0.1, 0.15) is 167 Å². The van der Waals surface area contributed by atoms with Gasteiger partial charge in [0.2, 0.25) is 23.5 Å². The third kappa shape index (κ3) is 38.8. The number of carbonyl (C=O) groups is 11. The van der Waals surface area contributed by atoms with Crippen molar-refractivity contribution >= 4 is 167 Å². The largest absolute Gasteiger partial charge is 0.444 e. The number of ketones is 1. The number of hydrogen-bond acceptors (Lipinski definition) is 29. The van der Waals surface area contributed by atoms with Crippen LogP contribution in [0.4, 0.5) is 16.4 Å². The average Bonchev–Trinajstić information content (AvgIpc) is 1.68. The number of aromatic nitrogens is 5. The summed E-state index contributed by atoms with van der Waals surface area (Å²) in [6.45, 7) is 21.9. The lowest BCUT2D eigenvalue weighted by Crippen LogP contribution is -2.57. The van der Waals surface area contributed by atoms with Crippen LogP contribution < -0.4 is 43.0 Å². The van der Waals surface area contributed by atoms with Gasteiger partial charge in [0.1, 0.15) is 17.2 Å². The molecule has 5 aromatic rings. The van der Waals surface area contributed by atoms with Gasteiger partial charge in [-0.15, -0.1) is 46.4 Å². The Morgan fingerprint density at radius 1 is 0.504 bits per heavy atom. The van der Waals surface area contributed by atoms with E-state index in [4.69, 9.17) is 42.8 Å². The summed E-state index contributed by atoms with van der Waals surface area (Å²) >= 11 is 15.6. The number of amides is 10. The van der Waals surface area contributed by atoms with Gasteiger partial charge in [0.25, 0.3) is 43.9 Å². The van der Waals surface area contributed by atoms with Gasteiger partial charge in [-0.3, -0.25) is 57.1 Å². The Morgan fingerprint density at radius 2 is 0.824 bits per heavy atom. The van der Waals surface area contributed by atoms with E-state index in [-0.39, 0.29) is 95.6 Å². The number of pyridine rings is 2. The molecule has 125 heavy (non-hydrogen) atoms. The molecule has 0 aromatic carbocycles. The number of likely N-dealkylation sites (N-methyl/N-ethyl adjacent to an activating group) is 3. The van der Waals surface area contributed by atoms with Gasteiger partial charge in [0.15, 0.2) is 15.0 Å². The molecule has 6 aliphatic rings. The molecule has 9 atom stereocenters. The number of thiazole rings is 3. The zero-order chi connectivity index (χ0) is 93.0. The molecule has 0 saturated heterocycles. The van der Waals surface area contributed by atoms with Crippen LogP contribution in [-0.4, -0.2) is 307 Å². The Morgan fingerprint density at radius 3 is 1.13 bits per heavy atom. The van der Waals surface area contributed by atoms with E-state index in [2.05, 4.69) is 117 Å². The van der Waals surface area contributed by atoms with Gasteiger partial charge in [-0.05, 0) is 144 Å². The fourth-order valence-corrected chi connectivity index (χ4v) is 17.2. The van der Waals surface area contributed by atoms with Crippen molar-refractivity contribution in [3.63, 3.8) is 0 Å². The third-order valence-corrected chi connectivity index (χ3v) is 23.8. The molecular weight excluding hydrogens is 1780 g/mol. The average molecular weight is 1910 g/mol. The number of nitrogens with one attached hydrogen (secondary N) is 7. The van der Waals surface area contributed by atoms with Gasteiger partial charge in [0, 0.05) is 171 Å². The van der Waals surface area contributed by atoms with E-state index in [0.29, 0.717) is 88.3 Å². The molecule has 3 saturated carbocycles. The van der Waals surface area contributed by atoms with Crippen LogP contribution in [0.25, 0.3) is 0 Å². The van der Waals surface area contributed by atoms with Crippen molar-refractivity contribution < 1.29 is 83.4 Å². The van der Waals surface area contributed by atoms with E-state index < -0.39 is 67.5 Å². The second kappa shape index (κ2) is 51.1.